The molecule has 2 aromatic carbocycles. The lowest BCUT2D eigenvalue weighted by atomic mass is 10.1. The molecule has 0 N–H and O–H groups in total. The van der Waals surface area contributed by atoms with Crippen LogP contribution in [0.2, 0.25) is 0 Å². The van der Waals surface area contributed by atoms with Crippen LogP contribution in [0.1, 0.15) is 5.69 Å². The minimum Gasteiger partial charge on any atom is -0.468 e. The number of aryl methyl sites for hydroxylation is 1. The number of carbonyl (C=O) groups is 1. The smallest absolute Gasteiger partial charge is 0.209 e. The Morgan fingerprint density at radius 2 is 1.69 bits per heavy atom. The zero-order chi connectivity index (χ0) is 20.2. The lowest BCUT2D eigenvalue weighted by Crippen LogP contribution is -2.51. The molecule has 5 nitrogen and oxygen atoms in total. The summed E-state index contributed by atoms with van der Waals surface area (Å²) in [6.45, 7) is 5.60. The number of carbonyl (C=O) groups excluding carboxylic acids is 1. The van der Waals surface area contributed by atoms with Gasteiger partial charge < -0.3 is 9.64 Å². The molecule has 3 aromatic rings. The third kappa shape index (κ3) is 4.56. The highest BCUT2D eigenvalue weighted by Crippen LogP contribution is 2.35. The van der Waals surface area contributed by atoms with Gasteiger partial charge in [-0.3, -0.25) is 9.69 Å². The Balaban J connectivity index is 1.48. The molecule has 1 aromatic heterocycles. The molecule has 150 valence electrons. The van der Waals surface area contributed by atoms with E-state index in [1.807, 2.05) is 49.4 Å². The van der Waals surface area contributed by atoms with E-state index in [0.717, 1.165) is 59.2 Å². The number of hydrogen-bond acceptors (Lipinski definition) is 6. The van der Waals surface area contributed by atoms with Crippen LogP contribution in [0.15, 0.2) is 54.6 Å². The predicted molar refractivity (Wildman–Crippen MR) is 117 cm³/mol. The maximum absolute atomic E-state index is 11.6. The van der Waals surface area contributed by atoms with Crippen molar-refractivity contribution in [3.8, 4) is 26.8 Å². The van der Waals surface area contributed by atoms with Gasteiger partial charge in [-0.2, -0.15) is 0 Å². The summed E-state index contributed by atoms with van der Waals surface area (Å²) in [7, 11) is 2.09. The van der Waals surface area contributed by atoms with E-state index in [0.29, 0.717) is 5.75 Å². The molecule has 0 bridgehead atoms. The molecule has 1 aliphatic heterocycles. The summed E-state index contributed by atoms with van der Waals surface area (Å²) in [4.78, 5) is 21.8. The Kier molecular flexibility index (Phi) is 6.04. The third-order valence-electron chi connectivity index (χ3n) is 5.20. The standard InChI is InChI=1S/C23H25N3O2S/c1-17-22(29-23(24-17)19-6-4-3-5-7-19)18-8-10-20(11-9-18)28-21(16-27)26-14-12-25(2)13-15-26/h3-11,16,21H,12-15H2,1-2H3. The molecule has 1 fully saturated rings. The number of benzene rings is 2. The number of thiazole rings is 1. The summed E-state index contributed by atoms with van der Waals surface area (Å²) >= 11 is 1.69. The summed E-state index contributed by atoms with van der Waals surface area (Å²) in [6.07, 6.45) is 0.350. The molecule has 1 aliphatic rings. The molecule has 1 atom stereocenters. The normalized spacial score (nSPS) is 16.5. The number of aromatic nitrogens is 1. The molecule has 2 heterocycles. The van der Waals surface area contributed by atoms with Crippen molar-refractivity contribution in [3.63, 3.8) is 0 Å². The maximum atomic E-state index is 11.6. The Labute approximate surface area is 175 Å². The van der Waals surface area contributed by atoms with Crippen LogP contribution in [0.4, 0.5) is 0 Å². The first-order valence-corrected chi connectivity index (χ1v) is 10.6. The van der Waals surface area contributed by atoms with Gasteiger partial charge in [0.15, 0.2) is 6.29 Å². The molecule has 4 rings (SSSR count). The van der Waals surface area contributed by atoms with E-state index in [4.69, 9.17) is 9.72 Å². The number of likely N-dealkylation sites (N-methyl/N-ethyl adjacent to an activating group) is 1. The van der Waals surface area contributed by atoms with Crippen molar-refractivity contribution in [2.24, 2.45) is 0 Å². The monoisotopic (exact) mass is 407 g/mol. The van der Waals surface area contributed by atoms with Crippen molar-refractivity contribution in [3.05, 3.63) is 60.3 Å². The highest BCUT2D eigenvalue weighted by atomic mass is 32.1. The highest BCUT2D eigenvalue weighted by molar-refractivity contribution is 7.18. The maximum Gasteiger partial charge on any atom is 0.209 e. The van der Waals surface area contributed by atoms with Crippen molar-refractivity contribution in [1.82, 2.24) is 14.8 Å². The molecule has 0 amide bonds. The molecular formula is C23H25N3O2S. The Bertz CT molecular complexity index is 948. The molecule has 0 aliphatic carbocycles. The zero-order valence-corrected chi connectivity index (χ0v) is 17.6. The van der Waals surface area contributed by atoms with Crippen molar-refractivity contribution in [2.75, 3.05) is 33.2 Å². The highest BCUT2D eigenvalue weighted by Gasteiger charge is 2.23. The molecule has 0 radical (unpaired) electrons. The van der Waals surface area contributed by atoms with Crippen LogP contribution in [0.5, 0.6) is 5.75 Å². The molecule has 6 heteroatoms. The second-order valence-electron chi connectivity index (χ2n) is 7.31. The first kappa shape index (κ1) is 19.8. The van der Waals surface area contributed by atoms with Crippen molar-refractivity contribution >= 4 is 17.6 Å². The molecule has 0 spiro atoms. The third-order valence-corrected chi connectivity index (χ3v) is 6.46. The first-order valence-electron chi connectivity index (χ1n) is 9.82. The summed E-state index contributed by atoms with van der Waals surface area (Å²) in [5.74, 6) is 0.704. The fraction of sp³-hybridized carbons (Fsp3) is 0.304. The summed E-state index contributed by atoms with van der Waals surface area (Å²) < 4.78 is 5.96. The number of ether oxygens (including phenoxy) is 1. The summed E-state index contributed by atoms with van der Waals surface area (Å²) in [5.41, 5.74) is 3.26. The fourth-order valence-corrected chi connectivity index (χ4v) is 4.53. The fourth-order valence-electron chi connectivity index (χ4n) is 3.46. The van der Waals surface area contributed by atoms with Gasteiger partial charge >= 0.3 is 0 Å². The second kappa shape index (κ2) is 8.86. The van der Waals surface area contributed by atoms with Crippen LogP contribution in [-0.2, 0) is 4.79 Å². The Morgan fingerprint density at radius 3 is 2.34 bits per heavy atom. The van der Waals surface area contributed by atoms with Gasteiger partial charge in [0.25, 0.3) is 0 Å². The van der Waals surface area contributed by atoms with Crippen LogP contribution >= 0.6 is 11.3 Å². The van der Waals surface area contributed by atoms with Crippen molar-refractivity contribution in [1.29, 1.82) is 0 Å². The van der Waals surface area contributed by atoms with Gasteiger partial charge in [0.05, 0.1) is 10.6 Å². The van der Waals surface area contributed by atoms with E-state index >= 15 is 0 Å². The van der Waals surface area contributed by atoms with Gasteiger partial charge in [-0.25, -0.2) is 4.98 Å². The van der Waals surface area contributed by atoms with Crippen LogP contribution in [-0.4, -0.2) is 60.5 Å². The molecule has 1 unspecified atom stereocenters. The second-order valence-corrected chi connectivity index (χ2v) is 8.31. The average molecular weight is 408 g/mol. The van der Waals surface area contributed by atoms with E-state index in [9.17, 15) is 4.79 Å². The van der Waals surface area contributed by atoms with Gasteiger partial charge in [0.2, 0.25) is 6.23 Å². The Hall–Kier alpha value is -2.54. The largest absolute Gasteiger partial charge is 0.468 e. The van der Waals surface area contributed by atoms with Crippen LogP contribution in [0.3, 0.4) is 0 Å². The molecule has 29 heavy (non-hydrogen) atoms. The molecular weight excluding hydrogens is 382 g/mol. The number of aldehydes is 1. The van der Waals surface area contributed by atoms with Gasteiger partial charge in [0.1, 0.15) is 10.8 Å². The van der Waals surface area contributed by atoms with E-state index in [1.165, 1.54) is 0 Å². The number of piperazine rings is 1. The number of rotatable bonds is 6. The van der Waals surface area contributed by atoms with E-state index in [-0.39, 0.29) is 0 Å². The van der Waals surface area contributed by atoms with Gasteiger partial charge in [-0.15, -0.1) is 11.3 Å². The first-order chi connectivity index (χ1) is 14.1. The van der Waals surface area contributed by atoms with Gasteiger partial charge in [-0.1, -0.05) is 30.3 Å². The average Bonchev–Trinajstić information content (AvgIpc) is 3.15. The van der Waals surface area contributed by atoms with E-state index in [2.05, 4.69) is 29.0 Å². The van der Waals surface area contributed by atoms with Crippen LogP contribution in [0, 0.1) is 6.92 Å². The van der Waals surface area contributed by atoms with Crippen molar-refractivity contribution in [2.45, 2.75) is 13.2 Å². The van der Waals surface area contributed by atoms with Gasteiger partial charge in [-0.05, 0) is 43.8 Å². The van der Waals surface area contributed by atoms with Gasteiger partial charge in [0, 0.05) is 31.7 Å². The summed E-state index contributed by atoms with van der Waals surface area (Å²) in [5, 5.41) is 1.02. The lowest BCUT2D eigenvalue weighted by Gasteiger charge is -2.35. The quantitative estimate of drug-likeness (QED) is 0.579. The Morgan fingerprint density at radius 1 is 1.00 bits per heavy atom. The van der Waals surface area contributed by atoms with Crippen LogP contribution < -0.4 is 4.74 Å². The number of hydrogen-bond donors (Lipinski definition) is 0. The minimum atomic E-state index is -0.538. The SMILES string of the molecule is Cc1nc(-c2ccccc2)sc1-c1ccc(OC(C=O)N2CCN(C)CC2)cc1. The predicted octanol–water partition coefficient (Wildman–Crippen LogP) is 3.94. The van der Waals surface area contributed by atoms with Crippen LogP contribution in [0.25, 0.3) is 21.0 Å². The molecule has 0 saturated carbocycles. The minimum absolute atomic E-state index is 0.538. The zero-order valence-electron chi connectivity index (χ0n) is 16.7. The van der Waals surface area contributed by atoms with E-state index in [1.54, 1.807) is 11.3 Å². The van der Waals surface area contributed by atoms with Crippen molar-refractivity contribution < 1.29 is 9.53 Å². The number of nitrogens with zero attached hydrogens (tertiary/aromatic N) is 3. The van der Waals surface area contributed by atoms with E-state index < -0.39 is 6.23 Å². The topological polar surface area (TPSA) is 45.7 Å². The lowest BCUT2D eigenvalue weighted by molar-refractivity contribution is -0.123. The summed E-state index contributed by atoms with van der Waals surface area (Å²) in [6, 6.07) is 18.2. The molecule has 1 saturated heterocycles.